The molecule has 0 saturated heterocycles. The number of ether oxygens (including phenoxy) is 1. The molecule has 0 atom stereocenters. The fourth-order valence-electron chi connectivity index (χ4n) is 1.06. The molecule has 0 unspecified atom stereocenters. The van der Waals surface area contributed by atoms with Crippen molar-refractivity contribution in [2.24, 2.45) is 0 Å². The van der Waals surface area contributed by atoms with Crippen LogP contribution in [-0.2, 0) is 9.53 Å². The Morgan fingerprint density at radius 1 is 1.47 bits per heavy atom. The number of aromatic nitrogens is 1. The zero-order valence-electron chi connectivity index (χ0n) is 10.2. The highest BCUT2D eigenvalue weighted by molar-refractivity contribution is 5.91. The molecule has 0 aromatic carbocycles. The summed E-state index contributed by atoms with van der Waals surface area (Å²) in [6.45, 7) is 3.83. The first-order valence-corrected chi connectivity index (χ1v) is 5.17. The Balaban J connectivity index is 0.00000256. The molecule has 0 fully saturated rings. The van der Waals surface area contributed by atoms with Crippen molar-refractivity contribution in [1.82, 2.24) is 4.98 Å². The molecule has 1 amide bonds. The maximum Gasteiger partial charge on any atom is 0.250 e. The average Bonchev–Trinajstić information content (AvgIpc) is 2.27. The molecule has 0 radical (unpaired) electrons. The van der Waals surface area contributed by atoms with Crippen LogP contribution in [0.5, 0.6) is 0 Å². The Hall–Kier alpha value is -1.33. The first-order valence-electron chi connectivity index (χ1n) is 5.17. The molecule has 1 aromatic heterocycles. The van der Waals surface area contributed by atoms with Gasteiger partial charge in [-0.3, -0.25) is 4.79 Å². The topological polar surface area (TPSA) is 63.2 Å². The van der Waals surface area contributed by atoms with Crippen molar-refractivity contribution in [1.29, 1.82) is 0 Å². The second-order valence-electron chi connectivity index (χ2n) is 3.59. The third-order valence-corrected chi connectivity index (χ3v) is 1.85. The summed E-state index contributed by atoms with van der Waals surface area (Å²) in [4.78, 5) is 15.5. The van der Waals surface area contributed by atoms with E-state index in [0.717, 1.165) is 5.82 Å². The summed E-state index contributed by atoms with van der Waals surface area (Å²) in [5.41, 5.74) is 0.663. The summed E-state index contributed by atoms with van der Waals surface area (Å²) < 4.78 is 5.18. The van der Waals surface area contributed by atoms with Crippen LogP contribution in [0.15, 0.2) is 18.3 Å². The second-order valence-corrected chi connectivity index (χ2v) is 3.59. The van der Waals surface area contributed by atoms with Crippen molar-refractivity contribution in [2.45, 2.75) is 20.0 Å². The number of carbonyl (C=O) groups excluding carboxylic acids is 1. The molecule has 0 saturated carbocycles. The lowest BCUT2D eigenvalue weighted by atomic mass is 10.4. The molecule has 0 aliphatic carbocycles. The molecular formula is C11H18ClN3O2. The number of amides is 1. The molecule has 0 spiro atoms. The Morgan fingerprint density at radius 2 is 2.18 bits per heavy atom. The molecule has 0 bridgehead atoms. The normalized spacial score (nSPS) is 9.65. The number of carbonyl (C=O) groups is 1. The molecule has 1 aromatic rings. The van der Waals surface area contributed by atoms with Gasteiger partial charge in [0.15, 0.2) is 0 Å². The van der Waals surface area contributed by atoms with Gasteiger partial charge in [-0.2, -0.15) is 0 Å². The number of anilines is 2. The van der Waals surface area contributed by atoms with E-state index in [1.54, 1.807) is 25.4 Å². The lowest BCUT2D eigenvalue weighted by molar-refractivity contribution is -0.121. The number of rotatable bonds is 5. The average molecular weight is 260 g/mol. The smallest absolute Gasteiger partial charge is 0.250 e. The van der Waals surface area contributed by atoms with E-state index < -0.39 is 0 Å². The monoisotopic (exact) mass is 259 g/mol. The van der Waals surface area contributed by atoms with E-state index >= 15 is 0 Å². The van der Waals surface area contributed by atoms with Crippen molar-refractivity contribution in [3.05, 3.63) is 18.3 Å². The lowest BCUT2D eigenvalue weighted by Gasteiger charge is -2.08. The minimum atomic E-state index is -0.173. The molecule has 2 N–H and O–H groups in total. The van der Waals surface area contributed by atoms with Crippen LogP contribution in [0.1, 0.15) is 13.8 Å². The largest absolute Gasteiger partial charge is 0.373 e. The van der Waals surface area contributed by atoms with E-state index in [-0.39, 0.29) is 31.0 Å². The van der Waals surface area contributed by atoms with Crippen LogP contribution >= 0.6 is 12.4 Å². The maximum atomic E-state index is 11.4. The highest BCUT2D eigenvalue weighted by Crippen LogP contribution is 2.08. The van der Waals surface area contributed by atoms with Gasteiger partial charge in [0.05, 0.1) is 18.0 Å². The van der Waals surface area contributed by atoms with Gasteiger partial charge < -0.3 is 15.4 Å². The van der Waals surface area contributed by atoms with E-state index in [1.807, 2.05) is 13.8 Å². The third-order valence-electron chi connectivity index (χ3n) is 1.85. The summed E-state index contributed by atoms with van der Waals surface area (Å²) in [5.74, 6) is 0.587. The number of pyridine rings is 1. The Kier molecular flexibility index (Phi) is 7.25. The quantitative estimate of drug-likeness (QED) is 0.848. The Morgan fingerprint density at radius 3 is 2.65 bits per heavy atom. The van der Waals surface area contributed by atoms with E-state index in [2.05, 4.69) is 15.6 Å². The fraction of sp³-hybridized carbons (Fsp3) is 0.455. The SMILES string of the molecule is CNc1ccc(NC(=O)COC(C)C)cn1.Cl. The van der Waals surface area contributed by atoms with E-state index in [1.165, 1.54) is 0 Å². The molecule has 0 aliphatic heterocycles. The molecule has 5 nitrogen and oxygen atoms in total. The van der Waals surface area contributed by atoms with Crippen molar-refractivity contribution in [3.8, 4) is 0 Å². The van der Waals surface area contributed by atoms with Gasteiger partial charge in [-0.15, -0.1) is 12.4 Å². The van der Waals surface area contributed by atoms with Gasteiger partial charge in [0.1, 0.15) is 12.4 Å². The number of nitrogens with zero attached hydrogens (tertiary/aromatic N) is 1. The van der Waals surface area contributed by atoms with E-state index in [0.29, 0.717) is 5.69 Å². The molecule has 1 heterocycles. The summed E-state index contributed by atoms with van der Waals surface area (Å²) in [6.07, 6.45) is 1.65. The summed E-state index contributed by atoms with van der Waals surface area (Å²) in [7, 11) is 1.79. The maximum absolute atomic E-state index is 11.4. The van der Waals surface area contributed by atoms with Crippen LogP contribution in [0.25, 0.3) is 0 Å². The second kappa shape index (κ2) is 7.86. The summed E-state index contributed by atoms with van der Waals surface area (Å²) >= 11 is 0. The molecule has 1 rings (SSSR count). The predicted molar refractivity (Wildman–Crippen MR) is 70.7 cm³/mol. The third kappa shape index (κ3) is 6.09. The van der Waals surface area contributed by atoms with Gasteiger partial charge in [-0.25, -0.2) is 4.98 Å². The number of hydrogen-bond acceptors (Lipinski definition) is 4. The summed E-state index contributed by atoms with van der Waals surface area (Å²) in [6, 6.07) is 3.57. The van der Waals surface area contributed by atoms with Crippen LogP contribution in [0.3, 0.4) is 0 Å². The Labute approximate surface area is 107 Å². The summed E-state index contributed by atoms with van der Waals surface area (Å²) in [5, 5.41) is 5.59. The minimum absolute atomic E-state index is 0. The van der Waals surface area contributed by atoms with Crippen molar-refractivity contribution >= 4 is 29.8 Å². The standard InChI is InChI=1S/C11H17N3O2.ClH/c1-8(2)16-7-11(15)14-9-4-5-10(12-3)13-6-9;/h4-6,8H,7H2,1-3H3,(H,12,13)(H,14,15);1H. The molecule has 0 aliphatic rings. The lowest BCUT2D eigenvalue weighted by Crippen LogP contribution is -2.20. The van der Waals surface area contributed by atoms with Crippen LogP contribution in [0.2, 0.25) is 0 Å². The van der Waals surface area contributed by atoms with Crippen molar-refractivity contribution in [3.63, 3.8) is 0 Å². The van der Waals surface area contributed by atoms with Crippen molar-refractivity contribution < 1.29 is 9.53 Å². The zero-order valence-corrected chi connectivity index (χ0v) is 11.0. The van der Waals surface area contributed by atoms with Gasteiger partial charge in [-0.05, 0) is 26.0 Å². The van der Waals surface area contributed by atoms with E-state index in [4.69, 9.17) is 4.74 Å². The van der Waals surface area contributed by atoms with Gasteiger partial charge in [0, 0.05) is 7.05 Å². The van der Waals surface area contributed by atoms with Crippen LogP contribution < -0.4 is 10.6 Å². The van der Waals surface area contributed by atoms with Crippen LogP contribution in [-0.4, -0.2) is 30.6 Å². The number of halogens is 1. The van der Waals surface area contributed by atoms with Gasteiger partial charge in [0.25, 0.3) is 0 Å². The fourth-order valence-corrected chi connectivity index (χ4v) is 1.06. The first kappa shape index (κ1) is 15.7. The van der Waals surface area contributed by atoms with Crippen LogP contribution in [0.4, 0.5) is 11.5 Å². The number of nitrogens with one attached hydrogen (secondary N) is 2. The Bertz CT molecular complexity index is 341. The minimum Gasteiger partial charge on any atom is -0.373 e. The molecule has 17 heavy (non-hydrogen) atoms. The van der Waals surface area contributed by atoms with E-state index in [9.17, 15) is 4.79 Å². The molecule has 96 valence electrons. The van der Waals surface area contributed by atoms with Gasteiger partial charge >= 0.3 is 0 Å². The van der Waals surface area contributed by atoms with Crippen molar-refractivity contribution in [2.75, 3.05) is 24.3 Å². The van der Waals surface area contributed by atoms with Gasteiger partial charge in [0.2, 0.25) is 5.91 Å². The highest BCUT2D eigenvalue weighted by Gasteiger charge is 2.04. The molecule has 6 heteroatoms. The number of hydrogen-bond donors (Lipinski definition) is 2. The zero-order chi connectivity index (χ0) is 12.0. The predicted octanol–water partition coefficient (Wildman–Crippen LogP) is 1.91. The van der Waals surface area contributed by atoms with Crippen LogP contribution in [0, 0.1) is 0 Å². The highest BCUT2D eigenvalue weighted by atomic mass is 35.5. The first-order chi connectivity index (χ1) is 7.61. The molecular weight excluding hydrogens is 242 g/mol. The van der Waals surface area contributed by atoms with Gasteiger partial charge in [-0.1, -0.05) is 0 Å².